The van der Waals surface area contributed by atoms with Crippen LogP contribution in [0.1, 0.15) is 12.8 Å². The highest BCUT2D eigenvalue weighted by Gasteiger charge is 2.24. The minimum absolute atomic E-state index is 0.876. The predicted octanol–water partition coefficient (Wildman–Crippen LogP) is 0.445. The van der Waals surface area contributed by atoms with Gasteiger partial charge >= 0.3 is 0 Å². The Morgan fingerprint density at radius 1 is 1.10 bits per heavy atom. The fourth-order valence-electron chi connectivity index (χ4n) is 1.58. The minimum atomic E-state index is 0.876. The standard InChI is InChI=1S/C8H19N2/c1-10(2,3)8-4-6-9-7-5-8/h8-9H,4-7H2,1-3H3/q+1. The van der Waals surface area contributed by atoms with Crippen molar-refractivity contribution in [1.29, 1.82) is 0 Å². The van der Waals surface area contributed by atoms with E-state index >= 15 is 0 Å². The summed E-state index contributed by atoms with van der Waals surface area (Å²) in [6, 6.07) is 0.876. The van der Waals surface area contributed by atoms with Gasteiger partial charge in [-0.25, -0.2) is 0 Å². The van der Waals surface area contributed by atoms with Crippen molar-refractivity contribution >= 4 is 0 Å². The molecule has 0 unspecified atom stereocenters. The highest BCUT2D eigenvalue weighted by molar-refractivity contribution is 4.67. The molecular formula is C8H19N2+. The lowest BCUT2D eigenvalue weighted by atomic mass is 10.0. The Kier molecular flexibility index (Phi) is 2.32. The second-order valence-electron chi connectivity index (χ2n) is 4.10. The fraction of sp³-hybridized carbons (Fsp3) is 1.00. The van der Waals surface area contributed by atoms with Crippen LogP contribution in [0.5, 0.6) is 0 Å². The number of rotatable bonds is 1. The van der Waals surface area contributed by atoms with E-state index in [0.717, 1.165) is 10.5 Å². The molecule has 1 aliphatic rings. The first-order valence-electron chi connectivity index (χ1n) is 4.12. The monoisotopic (exact) mass is 143 g/mol. The molecule has 1 rings (SSSR count). The normalized spacial score (nSPS) is 23.1. The van der Waals surface area contributed by atoms with Crippen LogP contribution in [-0.2, 0) is 0 Å². The molecule has 1 aliphatic heterocycles. The van der Waals surface area contributed by atoms with Crippen molar-refractivity contribution in [2.45, 2.75) is 18.9 Å². The van der Waals surface area contributed by atoms with Crippen LogP contribution in [0.25, 0.3) is 0 Å². The zero-order valence-corrected chi connectivity index (χ0v) is 7.35. The molecule has 0 aromatic carbocycles. The average Bonchev–Trinajstić information content (AvgIpc) is 1.88. The highest BCUT2D eigenvalue weighted by atomic mass is 15.3. The third-order valence-electron chi connectivity index (χ3n) is 2.40. The molecule has 0 aromatic rings. The van der Waals surface area contributed by atoms with Gasteiger partial charge in [0.1, 0.15) is 0 Å². The number of nitrogens with zero attached hydrogens (tertiary/aromatic N) is 1. The molecule has 0 spiro atoms. The third kappa shape index (κ3) is 1.96. The zero-order chi connectivity index (χ0) is 7.61. The highest BCUT2D eigenvalue weighted by Crippen LogP contribution is 2.13. The topological polar surface area (TPSA) is 12.0 Å². The Morgan fingerprint density at radius 3 is 1.90 bits per heavy atom. The summed E-state index contributed by atoms with van der Waals surface area (Å²) in [5.74, 6) is 0. The van der Waals surface area contributed by atoms with Crippen LogP contribution in [-0.4, -0.2) is 44.8 Å². The molecule has 0 radical (unpaired) electrons. The van der Waals surface area contributed by atoms with Gasteiger partial charge in [0.15, 0.2) is 0 Å². The Labute approximate surface area is 63.8 Å². The second-order valence-corrected chi connectivity index (χ2v) is 4.10. The summed E-state index contributed by atoms with van der Waals surface area (Å²) in [6.07, 6.45) is 2.67. The van der Waals surface area contributed by atoms with Crippen molar-refractivity contribution in [3.63, 3.8) is 0 Å². The van der Waals surface area contributed by atoms with Gasteiger partial charge in [-0.1, -0.05) is 0 Å². The molecule has 0 saturated carbocycles. The SMILES string of the molecule is C[N+](C)(C)C1CCNCC1. The van der Waals surface area contributed by atoms with Crippen LogP contribution in [0, 0.1) is 0 Å². The van der Waals surface area contributed by atoms with Gasteiger partial charge in [0, 0.05) is 25.9 Å². The first-order chi connectivity index (χ1) is 4.61. The van der Waals surface area contributed by atoms with E-state index < -0.39 is 0 Å². The quantitative estimate of drug-likeness (QED) is 0.525. The van der Waals surface area contributed by atoms with E-state index in [2.05, 4.69) is 26.5 Å². The molecule has 1 N–H and O–H groups in total. The number of nitrogens with one attached hydrogen (secondary N) is 1. The fourth-order valence-corrected chi connectivity index (χ4v) is 1.58. The molecule has 0 aliphatic carbocycles. The summed E-state index contributed by atoms with van der Waals surface area (Å²) in [4.78, 5) is 0. The van der Waals surface area contributed by atoms with E-state index in [4.69, 9.17) is 0 Å². The van der Waals surface area contributed by atoms with Crippen LogP contribution in [0.3, 0.4) is 0 Å². The van der Waals surface area contributed by atoms with Crippen molar-refractivity contribution in [3.05, 3.63) is 0 Å². The Hall–Kier alpha value is -0.0800. The molecule has 10 heavy (non-hydrogen) atoms. The van der Waals surface area contributed by atoms with Gasteiger partial charge < -0.3 is 9.80 Å². The Morgan fingerprint density at radius 2 is 1.60 bits per heavy atom. The molecule has 60 valence electrons. The van der Waals surface area contributed by atoms with E-state index in [1.54, 1.807) is 0 Å². The summed E-state index contributed by atoms with van der Waals surface area (Å²) in [5.41, 5.74) is 0. The summed E-state index contributed by atoms with van der Waals surface area (Å²) in [7, 11) is 6.86. The molecule has 0 amide bonds. The van der Waals surface area contributed by atoms with Crippen molar-refractivity contribution < 1.29 is 4.48 Å². The van der Waals surface area contributed by atoms with Crippen LogP contribution >= 0.6 is 0 Å². The summed E-state index contributed by atoms with van der Waals surface area (Å²) in [5, 5.41) is 3.38. The van der Waals surface area contributed by atoms with Gasteiger partial charge in [-0.3, -0.25) is 0 Å². The van der Waals surface area contributed by atoms with Crippen LogP contribution in [0.2, 0.25) is 0 Å². The summed E-state index contributed by atoms with van der Waals surface area (Å²) >= 11 is 0. The number of quaternary nitrogens is 1. The van der Waals surface area contributed by atoms with Gasteiger partial charge in [-0.05, 0) is 0 Å². The average molecular weight is 143 g/mol. The van der Waals surface area contributed by atoms with E-state index in [0.29, 0.717) is 0 Å². The molecule has 1 heterocycles. The van der Waals surface area contributed by atoms with Crippen molar-refractivity contribution in [2.75, 3.05) is 34.2 Å². The lowest BCUT2D eigenvalue weighted by molar-refractivity contribution is -0.897. The molecule has 1 fully saturated rings. The van der Waals surface area contributed by atoms with Crippen molar-refractivity contribution in [2.24, 2.45) is 0 Å². The van der Waals surface area contributed by atoms with Crippen LogP contribution in [0.4, 0.5) is 0 Å². The first kappa shape index (κ1) is 8.02. The minimum Gasteiger partial charge on any atom is -0.328 e. The number of hydrogen-bond donors (Lipinski definition) is 1. The molecule has 0 atom stereocenters. The maximum atomic E-state index is 3.38. The lowest BCUT2D eigenvalue weighted by Crippen LogP contribution is -2.50. The van der Waals surface area contributed by atoms with Gasteiger partial charge in [-0.2, -0.15) is 0 Å². The number of piperidine rings is 1. The van der Waals surface area contributed by atoms with Crippen LogP contribution < -0.4 is 5.32 Å². The second kappa shape index (κ2) is 2.89. The molecule has 0 bridgehead atoms. The van der Waals surface area contributed by atoms with Gasteiger partial charge in [-0.15, -0.1) is 0 Å². The third-order valence-corrected chi connectivity index (χ3v) is 2.40. The van der Waals surface area contributed by atoms with Gasteiger partial charge in [0.05, 0.1) is 27.2 Å². The Balaban J connectivity index is 2.39. The largest absolute Gasteiger partial charge is 0.328 e. The van der Waals surface area contributed by atoms with Gasteiger partial charge in [0.2, 0.25) is 0 Å². The maximum Gasteiger partial charge on any atom is 0.0908 e. The lowest BCUT2D eigenvalue weighted by Gasteiger charge is -2.36. The molecule has 2 nitrogen and oxygen atoms in total. The maximum absolute atomic E-state index is 3.38. The number of hydrogen-bond acceptors (Lipinski definition) is 1. The van der Waals surface area contributed by atoms with Crippen molar-refractivity contribution in [1.82, 2.24) is 5.32 Å². The summed E-state index contributed by atoms with van der Waals surface area (Å²) < 4.78 is 1.13. The van der Waals surface area contributed by atoms with E-state index in [9.17, 15) is 0 Å². The smallest absolute Gasteiger partial charge is 0.0908 e. The van der Waals surface area contributed by atoms with E-state index in [1.807, 2.05) is 0 Å². The Bertz CT molecular complexity index is 98.3. The molecular weight excluding hydrogens is 124 g/mol. The van der Waals surface area contributed by atoms with Gasteiger partial charge in [0.25, 0.3) is 0 Å². The first-order valence-corrected chi connectivity index (χ1v) is 4.12. The molecule has 2 heteroatoms. The molecule has 1 saturated heterocycles. The predicted molar refractivity (Wildman–Crippen MR) is 43.9 cm³/mol. The van der Waals surface area contributed by atoms with E-state index in [-0.39, 0.29) is 0 Å². The van der Waals surface area contributed by atoms with Crippen LogP contribution in [0.15, 0.2) is 0 Å². The molecule has 0 aromatic heterocycles. The zero-order valence-electron chi connectivity index (χ0n) is 7.35. The van der Waals surface area contributed by atoms with E-state index in [1.165, 1.54) is 25.9 Å². The van der Waals surface area contributed by atoms with Crippen molar-refractivity contribution in [3.8, 4) is 0 Å². The summed E-state index contributed by atoms with van der Waals surface area (Å²) in [6.45, 7) is 2.42.